The maximum Gasteiger partial charge on any atom is 0.472 e. The first-order valence-corrected chi connectivity index (χ1v) is 26.9. The summed E-state index contributed by atoms with van der Waals surface area (Å²) >= 11 is 0. The van der Waals surface area contributed by atoms with E-state index in [2.05, 4.69) is 19.2 Å². The van der Waals surface area contributed by atoms with Crippen LogP contribution in [-0.4, -0.2) is 73.4 Å². The Morgan fingerprint density at radius 1 is 0.517 bits per heavy atom. The van der Waals surface area contributed by atoms with E-state index in [-0.39, 0.29) is 19.1 Å². The molecule has 9 heteroatoms. The predicted molar refractivity (Wildman–Crippen MR) is 249 cm³/mol. The van der Waals surface area contributed by atoms with Crippen LogP contribution in [-0.2, 0) is 18.4 Å². The van der Waals surface area contributed by atoms with E-state index in [1.807, 2.05) is 21.1 Å². The molecule has 0 bridgehead atoms. The van der Waals surface area contributed by atoms with Gasteiger partial charge in [0.15, 0.2) is 0 Å². The van der Waals surface area contributed by atoms with Gasteiger partial charge in [-0.25, -0.2) is 4.57 Å². The zero-order chi connectivity index (χ0) is 42.8. The number of aliphatic hydroxyl groups is 1. The number of aliphatic hydroxyl groups excluding tert-OH is 1. The van der Waals surface area contributed by atoms with Crippen LogP contribution in [0.25, 0.3) is 0 Å². The fraction of sp³-hybridized carbons (Fsp3) is 0.980. The van der Waals surface area contributed by atoms with Crippen molar-refractivity contribution in [1.29, 1.82) is 0 Å². The van der Waals surface area contributed by atoms with Crippen LogP contribution >= 0.6 is 7.82 Å². The molecular formula is C49H102N2O6P+. The maximum atomic E-state index is 12.6. The lowest BCUT2D eigenvalue weighted by atomic mass is 10.0. The molecule has 1 amide bonds. The largest absolute Gasteiger partial charge is 0.472 e. The number of unbranched alkanes of at least 4 members (excludes halogenated alkanes) is 34. The highest BCUT2D eigenvalue weighted by Gasteiger charge is 2.28. The Hall–Kier alpha value is -0.500. The molecule has 8 nitrogen and oxygen atoms in total. The molecule has 0 saturated carbocycles. The van der Waals surface area contributed by atoms with Crippen LogP contribution in [0.3, 0.4) is 0 Å². The molecular weight excluding hydrogens is 744 g/mol. The molecule has 0 aliphatic heterocycles. The van der Waals surface area contributed by atoms with Crippen LogP contribution in [0.2, 0.25) is 0 Å². The van der Waals surface area contributed by atoms with Gasteiger partial charge >= 0.3 is 7.82 Å². The normalized spacial score (nSPS) is 14.1. The Labute approximate surface area is 361 Å². The summed E-state index contributed by atoms with van der Waals surface area (Å²) in [4.78, 5) is 22.8. The van der Waals surface area contributed by atoms with Gasteiger partial charge < -0.3 is 19.8 Å². The third kappa shape index (κ3) is 43.6. The van der Waals surface area contributed by atoms with Crippen LogP contribution < -0.4 is 5.32 Å². The number of amides is 1. The van der Waals surface area contributed by atoms with Crippen LogP contribution in [0.1, 0.15) is 258 Å². The Bertz CT molecular complexity index is 916. The molecule has 0 heterocycles. The van der Waals surface area contributed by atoms with Gasteiger partial charge in [0.25, 0.3) is 0 Å². The summed E-state index contributed by atoms with van der Waals surface area (Å²) in [6, 6.07) is -0.750. The van der Waals surface area contributed by atoms with E-state index < -0.39 is 20.0 Å². The molecule has 58 heavy (non-hydrogen) atoms. The van der Waals surface area contributed by atoms with Crippen molar-refractivity contribution in [3.05, 3.63) is 0 Å². The van der Waals surface area contributed by atoms with Crippen LogP contribution in [0.4, 0.5) is 0 Å². The fourth-order valence-electron chi connectivity index (χ4n) is 7.81. The number of rotatable bonds is 47. The predicted octanol–water partition coefficient (Wildman–Crippen LogP) is 14.5. The van der Waals surface area contributed by atoms with Crippen molar-refractivity contribution in [2.75, 3.05) is 40.9 Å². The minimum absolute atomic E-state index is 0.0774. The van der Waals surface area contributed by atoms with Gasteiger partial charge in [0.2, 0.25) is 5.91 Å². The van der Waals surface area contributed by atoms with Gasteiger partial charge in [-0.2, -0.15) is 0 Å². The van der Waals surface area contributed by atoms with E-state index >= 15 is 0 Å². The van der Waals surface area contributed by atoms with E-state index in [9.17, 15) is 19.4 Å². The summed E-state index contributed by atoms with van der Waals surface area (Å²) in [6.45, 7) is 4.79. The topological polar surface area (TPSA) is 105 Å². The number of carbonyl (C=O) groups is 1. The van der Waals surface area contributed by atoms with Crippen LogP contribution in [0.15, 0.2) is 0 Å². The summed E-state index contributed by atoms with van der Waals surface area (Å²) in [5.74, 6) is -0.159. The van der Waals surface area contributed by atoms with Gasteiger partial charge in [-0.1, -0.05) is 239 Å². The first kappa shape index (κ1) is 57.5. The quantitative estimate of drug-likeness (QED) is 0.0320. The van der Waals surface area contributed by atoms with Crippen LogP contribution in [0.5, 0.6) is 0 Å². The minimum atomic E-state index is -4.29. The second-order valence-corrected chi connectivity index (χ2v) is 20.4. The molecule has 348 valence electrons. The van der Waals surface area contributed by atoms with Gasteiger partial charge in [-0.05, 0) is 12.8 Å². The van der Waals surface area contributed by atoms with E-state index in [4.69, 9.17) is 9.05 Å². The number of hydrogen-bond acceptors (Lipinski definition) is 5. The van der Waals surface area contributed by atoms with Crippen molar-refractivity contribution in [2.24, 2.45) is 0 Å². The molecule has 0 aliphatic carbocycles. The summed E-state index contributed by atoms with van der Waals surface area (Å²) in [7, 11) is 1.62. The highest BCUT2D eigenvalue weighted by Crippen LogP contribution is 2.43. The van der Waals surface area contributed by atoms with Crippen molar-refractivity contribution in [3.63, 3.8) is 0 Å². The number of hydrogen-bond donors (Lipinski definition) is 3. The van der Waals surface area contributed by atoms with Gasteiger partial charge in [0.1, 0.15) is 13.2 Å². The number of carbonyl (C=O) groups excluding carboxylic acids is 1. The molecule has 3 atom stereocenters. The Kier molecular flexibility index (Phi) is 41.5. The van der Waals surface area contributed by atoms with Gasteiger partial charge in [0.05, 0.1) is 39.9 Å². The van der Waals surface area contributed by atoms with Gasteiger partial charge in [-0.3, -0.25) is 13.8 Å². The average Bonchev–Trinajstić information content (AvgIpc) is 3.17. The first-order valence-electron chi connectivity index (χ1n) is 25.4. The standard InChI is InChI=1S/C49H101N2O6P/c1-6-8-10-12-13-14-15-16-17-18-19-20-21-22-23-24-25-26-27-28-29-30-31-32-33-34-35-36-37-38-39-40-42-48(52)47(50-49(53)43-41-11-9-7-2)46-57-58(54,55)56-45-44-51(3,4)5/h47-48,52H,6-46H2,1-5H3,(H-,50,53,54,55)/p+1. The SMILES string of the molecule is CCCCCCCCCCCCCCCCCCCCCCCCCCCCCCCCCCC(O)C(COP(=O)(O)OCC[N+](C)(C)C)NC(=O)CCCCCC. The molecule has 0 spiro atoms. The second kappa shape index (κ2) is 41.8. The molecule has 0 aromatic rings. The van der Waals surface area contributed by atoms with Crippen molar-refractivity contribution in [1.82, 2.24) is 5.32 Å². The fourth-order valence-corrected chi connectivity index (χ4v) is 8.55. The summed E-state index contributed by atoms with van der Waals surface area (Å²) in [5, 5.41) is 13.8. The Morgan fingerprint density at radius 2 is 0.828 bits per heavy atom. The van der Waals surface area contributed by atoms with Crippen molar-refractivity contribution in [2.45, 2.75) is 270 Å². The Balaban J connectivity index is 3.74. The van der Waals surface area contributed by atoms with Crippen LogP contribution in [0, 0.1) is 0 Å². The number of nitrogens with zero attached hydrogens (tertiary/aromatic N) is 1. The number of phosphoric acid groups is 1. The smallest absolute Gasteiger partial charge is 0.391 e. The van der Waals surface area contributed by atoms with Gasteiger partial charge in [0, 0.05) is 6.42 Å². The monoisotopic (exact) mass is 846 g/mol. The number of nitrogens with one attached hydrogen (secondary N) is 1. The number of phosphoric ester groups is 1. The van der Waals surface area contributed by atoms with Crippen molar-refractivity contribution >= 4 is 13.7 Å². The minimum Gasteiger partial charge on any atom is -0.391 e. The average molecular weight is 846 g/mol. The summed E-state index contributed by atoms with van der Waals surface area (Å²) in [5.41, 5.74) is 0. The zero-order valence-electron chi connectivity index (χ0n) is 39.6. The van der Waals surface area contributed by atoms with Gasteiger partial charge in [-0.15, -0.1) is 0 Å². The zero-order valence-corrected chi connectivity index (χ0v) is 40.5. The third-order valence-corrected chi connectivity index (χ3v) is 12.8. The number of quaternary nitrogens is 1. The van der Waals surface area contributed by atoms with E-state index in [0.29, 0.717) is 23.9 Å². The molecule has 0 rings (SSSR count). The molecule has 0 aromatic carbocycles. The van der Waals surface area contributed by atoms with E-state index in [1.54, 1.807) is 0 Å². The molecule has 3 N–H and O–H groups in total. The molecule has 0 saturated heterocycles. The Morgan fingerprint density at radius 3 is 1.16 bits per heavy atom. The van der Waals surface area contributed by atoms with E-state index in [1.165, 1.54) is 186 Å². The summed E-state index contributed by atoms with van der Waals surface area (Å²) < 4.78 is 23.5. The molecule has 0 fully saturated rings. The lowest BCUT2D eigenvalue weighted by molar-refractivity contribution is -0.870. The molecule has 0 radical (unpaired) electrons. The molecule has 0 aliphatic rings. The summed E-state index contributed by atoms with van der Waals surface area (Å²) in [6.07, 6.45) is 48.1. The van der Waals surface area contributed by atoms with Crippen molar-refractivity contribution < 1.29 is 32.9 Å². The third-order valence-electron chi connectivity index (χ3n) is 11.9. The highest BCUT2D eigenvalue weighted by molar-refractivity contribution is 7.47. The molecule has 3 unspecified atom stereocenters. The number of likely N-dealkylation sites (N-methyl/N-ethyl adjacent to an activating group) is 1. The van der Waals surface area contributed by atoms with Crippen molar-refractivity contribution in [3.8, 4) is 0 Å². The lowest BCUT2D eigenvalue weighted by Gasteiger charge is -2.26. The highest BCUT2D eigenvalue weighted by atomic mass is 31.2. The molecule has 0 aromatic heterocycles. The second-order valence-electron chi connectivity index (χ2n) is 18.9. The lowest BCUT2D eigenvalue weighted by Crippen LogP contribution is -2.46. The maximum absolute atomic E-state index is 12.6. The van der Waals surface area contributed by atoms with E-state index in [0.717, 1.165) is 44.9 Å². The first-order chi connectivity index (χ1) is 28.0.